The molecule has 84 valence electrons. The molecule has 0 aliphatic carbocycles. The van der Waals surface area contributed by atoms with Crippen molar-refractivity contribution in [1.82, 2.24) is 10.2 Å². The van der Waals surface area contributed by atoms with Crippen molar-refractivity contribution < 1.29 is 4.79 Å². The summed E-state index contributed by atoms with van der Waals surface area (Å²) < 4.78 is 0. The van der Waals surface area contributed by atoms with Gasteiger partial charge in [-0.15, -0.1) is 0 Å². The van der Waals surface area contributed by atoms with E-state index in [4.69, 9.17) is 0 Å². The number of rotatable bonds is 7. The molecule has 0 aromatic rings. The van der Waals surface area contributed by atoms with Crippen LogP contribution in [-0.4, -0.2) is 37.0 Å². The molecule has 0 radical (unpaired) electrons. The van der Waals surface area contributed by atoms with Crippen molar-refractivity contribution in [2.75, 3.05) is 26.2 Å². The third kappa shape index (κ3) is 6.89. The van der Waals surface area contributed by atoms with Crippen molar-refractivity contribution >= 4 is 5.91 Å². The van der Waals surface area contributed by atoms with Crippen LogP contribution in [0.15, 0.2) is 0 Å². The lowest BCUT2D eigenvalue weighted by atomic mass is 10.1. The topological polar surface area (TPSA) is 32.3 Å². The van der Waals surface area contributed by atoms with E-state index in [1.807, 2.05) is 0 Å². The van der Waals surface area contributed by atoms with E-state index < -0.39 is 0 Å². The third-order valence-corrected chi connectivity index (χ3v) is 2.24. The van der Waals surface area contributed by atoms with E-state index in [-0.39, 0.29) is 5.91 Å². The normalized spacial score (nSPS) is 11.0. The lowest BCUT2D eigenvalue weighted by Crippen LogP contribution is -2.35. The van der Waals surface area contributed by atoms with Gasteiger partial charge < -0.3 is 10.2 Å². The van der Waals surface area contributed by atoms with Gasteiger partial charge in [0, 0.05) is 19.5 Å². The summed E-state index contributed by atoms with van der Waals surface area (Å²) in [6.45, 7) is 12.2. The van der Waals surface area contributed by atoms with Crippen LogP contribution in [0.4, 0.5) is 0 Å². The summed E-state index contributed by atoms with van der Waals surface area (Å²) >= 11 is 0. The van der Waals surface area contributed by atoms with Crippen LogP contribution in [0.5, 0.6) is 0 Å². The maximum Gasteiger partial charge on any atom is 0.220 e. The number of carbonyl (C=O) groups is 1. The van der Waals surface area contributed by atoms with Crippen molar-refractivity contribution in [1.29, 1.82) is 0 Å². The second kappa shape index (κ2) is 7.80. The highest BCUT2D eigenvalue weighted by atomic mass is 16.1. The Morgan fingerprint density at radius 2 is 1.86 bits per heavy atom. The highest BCUT2D eigenvalue weighted by molar-refractivity contribution is 5.75. The molecule has 0 aromatic heterocycles. The van der Waals surface area contributed by atoms with E-state index in [2.05, 4.69) is 37.9 Å². The first-order valence-electron chi connectivity index (χ1n) is 5.59. The summed E-state index contributed by atoms with van der Waals surface area (Å²) in [5.74, 6) is 0.621. The van der Waals surface area contributed by atoms with Crippen LogP contribution in [-0.2, 0) is 4.79 Å². The van der Waals surface area contributed by atoms with E-state index in [9.17, 15) is 4.79 Å². The standard InChI is InChI=1S/C11H24N2O/c1-5-13(6-2)8-7-12-11(14)9-10(3)4/h10H,5-9H2,1-4H3,(H,12,14). The molecule has 1 amide bonds. The molecule has 0 saturated heterocycles. The highest BCUT2D eigenvalue weighted by Gasteiger charge is 2.04. The maximum atomic E-state index is 11.3. The first-order valence-corrected chi connectivity index (χ1v) is 5.59. The van der Waals surface area contributed by atoms with Gasteiger partial charge in [-0.25, -0.2) is 0 Å². The maximum absolute atomic E-state index is 11.3. The fraction of sp³-hybridized carbons (Fsp3) is 0.909. The van der Waals surface area contributed by atoms with Crippen molar-refractivity contribution in [2.24, 2.45) is 5.92 Å². The Morgan fingerprint density at radius 3 is 2.29 bits per heavy atom. The minimum atomic E-state index is 0.173. The second-order valence-electron chi connectivity index (χ2n) is 3.97. The van der Waals surface area contributed by atoms with Gasteiger partial charge in [0.1, 0.15) is 0 Å². The predicted octanol–water partition coefficient (Wildman–Crippen LogP) is 1.49. The van der Waals surface area contributed by atoms with E-state index in [1.165, 1.54) is 0 Å². The van der Waals surface area contributed by atoms with Gasteiger partial charge >= 0.3 is 0 Å². The van der Waals surface area contributed by atoms with Crippen molar-refractivity contribution in [3.05, 3.63) is 0 Å². The van der Waals surface area contributed by atoms with Gasteiger partial charge in [-0.2, -0.15) is 0 Å². The highest BCUT2D eigenvalue weighted by Crippen LogP contribution is 1.97. The molecule has 0 spiro atoms. The number of carbonyl (C=O) groups excluding carboxylic acids is 1. The van der Waals surface area contributed by atoms with Gasteiger partial charge in [0.2, 0.25) is 5.91 Å². The Bertz CT molecular complexity index is 153. The molecule has 0 fully saturated rings. The Morgan fingerprint density at radius 1 is 1.29 bits per heavy atom. The molecular formula is C11H24N2O. The zero-order valence-corrected chi connectivity index (χ0v) is 9.97. The van der Waals surface area contributed by atoms with Gasteiger partial charge in [0.25, 0.3) is 0 Å². The Balaban J connectivity index is 3.48. The number of hydrogen-bond donors (Lipinski definition) is 1. The lowest BCUT2D eigenvalue weighted by Gasteiger charge is -2.18. The fourth-order valence-electron chi connectivity index (χ4n) is 1.34. The second-order valence-corrected chi connectivity index (χ2v) is 3.97. The van der Waals surface area contributed by atoms with E-state index in [1.54, 1.807) is 0 Å². The smallest absolute Gasteiger partial charge is 0.220 e. The predicted molar refractivity (Wildman–Crippen MR) is 60.3 cm³/mol. The van der Waals surface area contributed by atoms with E-state index >= 15 is 0 Å². The van der Waals surface area contributed by atoms with Gasteiger partial charge in [0.15, 0.2) is 0 Å². The molecule has 0 bridgehead atoms. The Kier molecular flexibility index (Phi) is 7.48. The van der Waals surface area contributed by atoms with Crippen LogP contribution in [0, 0.1) is 5.92 Å². The minimum absolute atomic E-state index is 0.173. The van der Waals surface area contributed by atoms with Crippen molar-refractivity contribution in [3.63, 3.8) is 0 Å². The first kappa shape index (κ1) is 13.4. The lowest BCUT2D eigenvalue weighted by molar-refractivity contribution is -0.121. The summed E-state index contributed by atoms with van der Waals surface area (Å²) in [7, 11) is 0. The van der Waals surface area contributed by atoms with Crippen LogP contribution in [0.25, 0.3) is 0 Å². The molecule has 0 aliphatic rings. The molecule has 0 saturated carbocycles. The van der Waals surface area contributed by atoms with Crippen molar-refractivity contribution in [3.8, 4) is 0 Å². The number of nitrogens with zero attached hydrogens (tertiary/aromatic N) is 1. The Hall–Kier alpha value is -0.570. The van der Waals surface area contributed by atoms with Crippen LogP contribution >= 0.6 is 0 Å². The molecule has 1 N–H and O–H groups in total. The average molecular weight is 200 g/mol. The molecule has 0 aliphatic heterocycles. The molecule has 14 heavy (non-hydrogen) atoms. The summed E-state index contributed by atoms with van der Waals surface area (Å²) in [5, 5.41) is 2.93. The van der Waals surface area contributed by atoms with Crippen LogP contribution < -0.4 is 5.32 Å². The van der Waals surface area contributed by atoms with Crippen LogP contribution in [0.1, 0.15) is 34.1 Å². The molecule has 3 nitrogen and oxygen atoms in total. The minimum Gasteiger partial charge on any atom is -0.355 e. The largest absolute Gasteiger partial charge is 0.355 e. The molecule has 0 heterocycles. The summed E-state index contributed by atoms with van der Waals surface area (Å²) in [6, 6.07) is 0. The number of hydrogen-bond acceptors (Lipinski definition) is 2. The monoisotopic (exact) mass is 200 g/mol. The fourth-order valence-corrected chi connectivity index (χ4v) is 1.34. The zero-order chi connectivity index (χ0) is 11.0. The molecule has 3 heteroatoms. The van der Waals surface area contributed by atoms with E-state index in [0.717, 1.165) is 26.2 Å². The number of likely N-dealkylation sites (N-methyl/N-ethyl adjacent to an activating group) is 1. The average Bonchev–Trinajstić information content (AvgIpc) is 2.11. The number of nitrogens with one attached hydrogen (secondary N) is 1. The van der Waals surface area contributed by atoms with E-state index in [0.29, 0.717) is 12.3 Å². The zero-order valence-electron chi connectivity index (χ0n) is 9.97. The van der Waals surface area contributed by atoms with Crippen molar-refractivity contribution in [2.45, 2.75) is 34.1 Å². The van der Waals surface area contributed by atoms with Crippen LogP contribution in [0.2, 0.25) is 0 Å². The van der Waals surface area contributed by atoms with Gasteiger partial charge in [0.05, 0.1) is 0 Å². The molecule has 0 unspecified atom stereocenters. The van der Waals surface area contributed by atoms with Gasteiger partial charge in [-0.05, 0) is 19.0 Å². The third-order valence-electron chi connectivity index (χ3n) is 2.24. The molecule has 0 rings (SSSR count). The summed E-state index contributed by atoms with van der Waals surface area (Å²) in [4.78, 5) is 13.6. The Labute approximate surface area is 87.9 Å². The summed E-state index contributed by atoms with van der Waals surface area (Å²) in [5.41, 5.74) is 0. The number of amides is 1. The molecule has 0 aromatic carbocycles. The van der Waals surface area contributed by atoms with Gasteiger partial charge in [-0.1, -0.05) is 27.7 Å². The molecular weight excluding hydrogens is 176 g/mol. The quantitative estimate of drug-likeness (QED) is 0.675. The first-order chi connectivity index (χ1) is 6.60. The van der Waals surface area contributed by atoms with Crippen LogP contribution in [0.3, 0.4) is 0 Å². The summed E-state index contributed by atoms with van der Waals surface area (Å²) in [6.07, 6.45) is 0.637. The van der Waals surface area contributed by atoms with Gasteiger partial charge in [-0.3, -0.25) is 4.79 Å². The SMILES string of the molecule is CCN(CC)CCNC(=O)CC(C)C. The molecule has 0 atom stereocenters.